The number of H-pyrrole nitrogens is 1. The van der Waals surface area contributed by atoms with Crippen LogP contribution in [0.25, 0.3) is 10.9 Å². The smallest absolute Gasteiger partial charge is 0.252 e. The minimum atomic E-state index is -0.0867. The molecule has 0 unspecified atom stereocenters. The molecule has 0 aliphatic heterocycles. The van der Waals surface area contributed by atoms with E-state index in [4.69, 9.17) is 4.74 Å². The van der Waals surface area contributed by atoms with E-state index >= 15 is 0 Å². The van der Waals surface area contributed by atoms with Gasteiger partial charge in [-0.25, -0.2) is 4.68 Å². The first-order chi connectivity index (χ1) is 18.6. The first kappa shape index (κ1) is 25.8. The van der Waals surface area contributed by atoms with Gasteiger partial charge in [0.05, 0.1) is 12.6 Å². The van der Waals surface area contributed by atoms with Gasteiger partial charge in [0.15, 0.2) is 5.82 Å². The van der Waals surface area contributed by atoms with Gasteiger partial charge >= 0.3 is 0 Å². The summed E-state index contributed by atoms with van der Waals surface area (Å²) < 4.78 is 7.59. The van der Waals surface area contributed by atoms with Crippen molar-refractivity contribution >= 4 is 22.2 Å². The average Bonchev–Trinajstić information content (AvgIpc) is 3.62. The summed E-state index contributed by atoms with van der Waals surface area (Å²) in [6.07, 6.45) is 1.64. The van der Waals surface area contributed by atoms with Crippen molar-refractivity contribution in [2.45, 2.75) is 52.4 Å². The molecule has 0 aliphatic carbocycles. The molecule has 0 spiro atoms. The Kier molecular flexibility index (Phi) is 8.25. The molecule has 0 radical (unpaired) electrons. The van der Waals surface area contributed by atoms with Crippen LogP contribution in [0.2, 0.25) is 0 Å². The molecular formula is C29H32N6O2S. The number of aryl methyl sites for hydroxylation is 2. The molecule has 0 saturated heterocycles. The lowest BCUT2D eigenvalue weighted by Crippen LogP contribution is -2.32. The molecule has 0 fully saturated rings. The molecule has 0 amide bonds. The van der Waals surface area contributed by atoms with Crippen molar-refractivity contribution in [1.29, 1.82) is 0 Å². The second-order valence-electron chi connectivity index (χ2n) is 9.21. The highest BCUT2D eigenvalue weighted by Crippen LogP contribution is 2.28. The molecule has 38 heavy (non-hydrogen) atoms. The summed E-state index contributed by atoms with van der Waals surface area (Å²) in [5, 5.41) is 15.8. The van der Waals surface area contributed by atoms with Gasteiger partial charge < -0.3 is 9.72 Å². The third-order valence-corrected chi connectivity index (χ3v) is 7.52. The number of nitrogens with one attached hydrogen (secondary N) is 1. The number of thiophene rings is 1. The van der Waals surface area contributed by atoms with Crippen LogP contribution in [0, 0.1) is 0 Å². The van der Waals surface area contributed by atoms with Crippen LogP contribution in [-0.4, -0.2) is 36.7 Å². The number of hydrogen-bond donors (Lipinski definition) is 1. The van der Waals surface area contributed by atoms with Gasteiger partial charge in [-0.15, -0.1) is 16.4 Å². The van der Waals surface area contributed by atoms with Crippen LogP contribution in [0.4, 0.5) is 0 Å². The summed E-state index contributed by atoms with van der Waals surface area (Å²) in [6, 6.07) is 22.2. The second-order valence-corrected chi connectivity index (χ2v) is 10.2. The van der Waals surface area contributed by atoms with Crippen LogP contribution < -0.4 is 10.3 Å². The molecule has 9 heteroatoms. The Morgan fingerprint density at radius 1 is 1.05 bits per heavy atom. The standard InChI is InChI=1S/C29H32N6O2S/c1-3-27(28-31-32-33-35(28)15-14-21-9-6-5-7-10-21)34(20-25-11-8-16-38-25)19-23-17-22-18-24(37-4-2)12-13-26(22)30-29(23)36/h5-13,16-18,27H,3-4,14-15,19-20H2,1-2H3,(H,30,36)/t27-/m1/s1. The monoisotopic (exact) mass is 528 g/mol. The predicted octanol–water partition coefficient (Wildman–Crippen LogP) is 5.37. The molecule has 5 rings (SSSR count). The Morgan fingerprint density at radius 3 is 2.68 bits per heavy atom. The highest BCUT2D eigenvalue weighted by atomic mass is 32.1. The molecule has 8 nitrogen and oxygen atoms in total. The first-order valence-corrected chi connectivity index (χ1v) is 13.9. The van der Waals surface area contributed by atoms with E-state index < -0.39 is 0 Å². The van der Waals surface area contributed by atoms with Gasteiger partial charge in [-0.2, -0.15) is 0 Å². The molecule has 196 valence electrons. The Bertz CT molecular complexity index is 1510. The topological polar surface area (TPSA) is 88.9 Å². The van der Waals surface area contributed by atoms with Crippen molar-refractivity contribution in [2.75, 3.05) is 6.61 Å². The van der Waals surface area contributed by atoms with E-state index in [1.54, 1.807) is 11.3 Å². The van der Waals surface area contributed by atoms with Crippen molar-refractivity contribution in [3.63, 3.8) is 0 Å². The van der Waals surface area contributed by atoms with Gasteiger partial charge in [0.25, 0.3) is 5.56 Å². The van der Waals surface area contributed by atoms with Crippen molar-refractivity contribution in [2.24, 2.45) is 0 Å². The summed E-state index contributed by atoms with van der Waals surface area (Å²) >= 11 is 1.71. The number of ether oxygens (including phenoxy) is 1. The number of benzene rings is 2. The van der Waals surface area contributed by atoms with Gasteiger partial charge in [-0.05, 0) is 71.5 Å². The van der Waals surface area contributed by atoms with Gasteiger partial charge in [-0.1, -0.05) is 43.3 Å². The molecule has 3 aromatic heterocycles. The largest absolute Gasteiger partial charge is 0.494 e. The normalized spacial score (nSPS) is 12.3. The Balaban J connectivity index is 1.46. The molecular weight excluding hydrogens is 496 g/mol. The zero-order chi connectivity index (χ0) is 26.3. The third-order valence-electron chi connectivity index (χ3n) is 6.66. The van der Waals surface area contributed by atoms with Crippen molar-refractivity contribution in [1.82, 2.24) is 30.1 Å². The van der Waals surface area contributed by atoms with Gasteiger partial charge in [0.1, 0.15) is 5.75 Å². The second kappa shape index (κ2) is 12.1. The summed E-state index contributed by atoms with van der Waals surface area (Å²) in [5.74, 6) is 1.60. The maximum Gasteiger partial charge on any atom is 0.252 e. The van der Waals surface area contributed by atoms with Crippen LogP contribution >= 0.6 is 11.3 Å². The molecule has 1 atom stereocenters. The number of aromatic amines is 1. The van der Waals surface area contributed by atoms with Gasteiger partial charge in [0.2, 0.25) is 0 Å². The fourth-order valence-electron chi connectivity index (χ4n) is 4.79. The van der Waals surface area contributed by atoms with E-state index in [1.807, 2.05) is 54.1 Å². The Hall–Kier alpha value is -3.82. The number of nitrogens with zero attached hydrogens (tertiary/aromatic N) is 5. The van der Waals surface area contributed by atoms with Gasteiger partial charge in [-0.3, -0.25) is 9.69 Å². The van der Waals surface area contributed by atoms with E-state index in [0.29, 0.717) is 31.8 Å². The SMILES string of the molecule is CCOc1ccc2[nH]c(=O)c(CN(Cc3cccs3)[C@H](CC)c3nnnn3CCc3ccccc3)cc2c1. The van der Waals surface area contributed by atoms with E-state index in [9.17, 15) is 4.79 Å². The van der Waals surface area contributed by atoms with E-state index in [2.05, 4.69) is 62.0 Å². The van der Waals surface area contributed by atoms with Crippen LogP contribution in [0.1, 0.15) is 48.1 Å². The lowest BCUT2D eigenvalue weighted by molar-refractivity contribution is 0.162. The minimum absolute atomic E-state index is 0.0623. The zero-order valence-electron chi connectivity index (χ0n) is 21.7. The number of pyridine rings is 1. The maximum atomic E-state index is 13.1. The number of hydrogen-bond acceptors (Lipinski definition) is 7. The van der Waals surface area contributed by atoms with Crippen molar-refractivity contribution in [3.8, 4) is 5.75 Å². The zero-order valence-corrected chi connectivity index (χ0v) is 22.5. The molecule has 5 aromatic rings. The van der Waals surface area contributed by atoms with Crippen LogP contribution in [0.15, 0.2) is 76.9 Å². The number of aromatic nitrogens is 5. The molecule has 2 aromatic carbocycles. The highest BCUT2D eigenvalue weighted by Gasteiger charge is 2.26. The summed E-state index contributed by atoms with van der Waals surface area (Å²) in [6.45, 7) is 6.54. The molecule has 0 bridgehead atoms. The van der Waals surface area contributed by atoms with Crippen molar-refractivity contribution in [3.05, 3.63) is 104 Å². The number of fused-ring (bicyclic) bond motifs is 1. The predicted molar refractivity (Wildman–Crippen MR) is 150 cm³/mol. The lowest BCUT2D eigenvalue weighted by atomic mass is 10.1. The summed E-state index contributed by atoms with van der Waals surface area (Å²) in [4.78, 5) is 19.7. The molecule has 0 aliphatic rings. The quantitative estimate of drug-likeness (QED) is 0.234. The number of rotatable bonds is 12. The fraction of sp³-hybridized carbons (Fsp3) is 0.310. The third kappa shape index (κ3) is 6.00. The van der Waals surface area contributed by atoms with Crippen LogP contribution in [0.5, 0.6) is 5.75 Å². The van der Waals surface area contributed by atoms with E-state index in [-0.39, 0.29) is 11.6 Å². The Labute approximate surface area is 225 Å². The Morgan fingerprint density at radius 2 is 1.92 bits per heavy atom. The fourth-order valence-corrected chi connectivity index (χ4v) is 5.52. The first-order valence-electron chi connectivity index (χ1n) is 13.0. The lowest BCUT2D eigenvalue weighted by Gasteiger charge is -2.30. The highest BCUT2D eigenvalue weighted by molar-refractivity contribution is 7.09. The summed E-state index contributed by atoms with van der Waals surface area (Å²) in [7, 11) is 0. The van der Waals surface area contributed by atoms with E-state index in [0.717, 1.165) is 35.3 Å². The van der Waals surface area contributed by atoms with E-state index in [1.165, 1.54) is 10.4 Å². The maximum absolute atomic E-state index is 13.1. The van der Waals surface area contributed by atoms with Crippen molar-refractivity contribution < 1.29 is 4.74 Å². The van der Waals surface area contributed by atoms with Crippen LogP contribution in [0.3, 0.4) is 0 Å². The minimum Gasteiger partial charge on any atom is -0.494 e. The summed E-state index contributed by atoms with van der Waals surface area (Å²) in [5.41, 5.74) is 2.65. The molecule has 3 heterocycles. The number of tetrazole rings is 1. The average molecular weight is 529 g/mol. The van der Waals surface area contributed by atoms with Crippen LogP contribution in [-0.2, 0) is 26.1 Å². The van der Waals surface area contributed by atoms with Gasteiger partial charge in [0, 0.05) is 41.0 Å². The molecule has 1 N–H and O–H groups in total. The molecule has 0 saturated carbocycles.